The van der Waals surface area contributed by atoms with Gasteiger partial charge in [0.25, 0.3) is 0 Å². The molecule has 0 radical (unpaired) electrons. The van der Waals surface area contributed by atoms with Crippen molar-refractivity contribution in [3.05, 3.63) is 30.0 Å². The summed E-state index contributed by atoms with van der Waals surface area (Å²) in [6.45, 7) is 0.507. The van der Waals surface area contributed by atoms with Crippen LogP contribution in [-0.4, -0.2) is 30.6 Å². The van der Waals surface area contributed by atoms with Crippen LogP contribution in [0.1, 0.15) is 5.56 Å². The monoisotopic (exact) mass is 274 g/mol. The summed E-state index contributed by atoms with van der Waals surface area (Å²) in [6.07, 6.45) is 2.68. The average molecular weight is 274 g/mol. The van der Waals surface area contributed by atoms with Gasteiger partial charge in [-0.1, -0.05) is 0 Å². The molecule has 2 rings (SSSR count). The fourth-order valence-electron chi connectivity index (χ4n) is 1.95. The number of nitrogens with zero attached hydrogens (tertiary/aromatic N) is 2. The van der Waals surface area contributed by atoms with Gasteiger partial charge in [0.1, 0.15) is 5.75 Å². The van der Waals surface area contributed by atoms with Gasteiger partial charge in [0, 0.05) is 23.6 Å². The zero-order valence-electron chi connectivity index (χ0n) is 11.3. The van der Waals surface area contributed by atoms with Gasteiger partial charge in [-0.25, -0.2) is 0 Å². The Balaban J connectivity index is 2.12. The second-order valence-electron chi connectivity index (χ2n) is 4.25. The summed E-state index contributed by atoms with van der Waals surface area (Å²) < 4.78 is 5.23. The smallest absolute Gasteiger partial charge is 0.218 e. The number of aromatic amines is 1. The lowest BCUT2D eigenvalue weighted by Gasteiger charge is -2.01. The molecule has 0 saturated carbocycles. The van der Waals surface area contributed by atoms with Crippen LogP contribution in [-0.2, 0) is 6.42 Å². The summed E-state index contributed by atoms with van der Waals surface area (Å²) in [5.41, 5.74) is 18.2. The van der Waals surface area contributed by atoms with Crippen LogP contribution in [0.3, 0.4) is 0 Å². The number of aliphatic imine (C=N–C) groups is 2. The van der Waals surface area contributed by atoms with Gasteiger partial charge in [-0.05, 0) is 30.2 Å². The maximum atomic E-state index is 5.55. The molecule has 0 amide bonds. The Morgan fingerprint density at radius 3 is 2.80 bits per heavy atom. The summed E-state index contributed by atoms with van der Waals surface area (Å²) >= 11 is 0. The maximum absolute atomic E-state index is 5.55. The first kappa shape index (κ1) is 13.7. The molecule has 0 spiro atoms. The highest BCUT2D eigenvalue weighted by atomic mass is 16.5. The molecule has 1 aromatic heterocycles. The summed E-state index contributed by atoms with van der Waals surface area (Å²) in [4.78, 5) is 11.0. The molecule has 0 aliphatic rings. The van der Waals surface area contributed by atoms with Crippen LogP contribution in [0.25, 0.3) is 10.9 Å². The van der Waals surface area contributed by atoms with Crippen molar-refractivity contribution in [2.45, 2.75) is 6.42 Å². The van der Waals surface area contributed by atoms with Crippen LogP contribution in [0.15, 0.2) is 34.4 Å². The van der Waals surface area contributed by atoms with Crippen molar-refractivity contribution < 1.29 is 4.74 Å². The lowest BCUT2D eigenvalue weighted by molar-refractivity contribution is 0.415. The Morgan fingerprint density at radius 2 is 2.10 bits per heavy atom. The van der Waals surface area contributed by atoms with E-state index in [1.807, 2.05) is 24.4 Å². The van der Waals surface area contributed by atoms with Gasteiger partial charge in [0.15, 0.2) is 5.96 Å². The van der Waals surface area contributed by atoms with Crippen LogP contribution in [0, 0.1) is 0 Å². The van der Waals surface area contributed by atoms with Crippen molar-refractivity contribution in [3.63, 3.8) is 0 Å². The Kier molecular flexibility index (Phi) is 4.09. The van der Waals surface area contributed by atoms with E-state index in [-0.39, 0.29) is 11.9 Å². The van der Waals surface area contributed by atoms with E-state index < -0.39 is 0 Å². The fourth-order valence-corrected chi connectivity index (χ4v) is 1.95. The van der Waals surface area contributed by atoms with E-state index in [0.717, 1.165) is 28.6 Å². The number of rotatable bonds is 4. The second-order valence-corrected chi connectivity index (χ2v) is 4.25. The Bertz CT molecular complexity index is 654. The molecular formula is C13H18N6O. The third-order valence-electron chi connectivity index (χ3n) is 2.87. The highest BCUT2D eigenvalue weighted by Gasteiger charge is 2.04. The molecule has 0 aliphatic carbocycles. The molecule has 2 aromatic rings. The molecule has 20 heavy (non-hydrogen) atoms. The van der Waals surface area contributed by atoms with Gasteiger partial charge in [0.2, 0.25) is 5.96 Å². The largest absolute Gasteiger partial charge is 0.497 e. The number of methoxy groups -OCH3 is 1. The molecule has 0 fully saturated rings. The quantitative estimate of drug-likeness (QED) is 0.472. The number of nitrogens with one attached hydrogen (secondary N) is 1. The average Bonchev–Trinajstić information content (AvgIpc) is 2.80. The molecule has 1 aromatic carbocycles. The fraction of sp³-hybridized carbons (Fsp3) is 0.231. The minimum atomic E-state index is -0.0944. The maximum Gasteiger partial charge on any atom is 0.218 e. The van der Waals surface area contributed by atoms with E-state index in [4.69, 9.17) is 21.9 Å². The molecule has 0 saturated heterocycles. The van der Waals surface area contributed by atoms with Crippen LogP contribution in [0.2, 0.25) is 0 Å². The lowest BCUT2D eigenvalue weighted by atomic mass is 10.1. The molecule has 7 heteroatoms. The number of fused-ring (bicyclic) bond motifs is 1. The predicted molar refractivity (Wildman–Crippen MR) is 80.9 cm³/mol. The number of guanidine groups is 2. The minimum Gasteiger partial charge on any atom is -0.497 e. The number of ether oxygens (including phenoxy) is 1. The Morgan fingerprint density at radius 1 is 1.30 bits per heavy atom. The molecular weight excluding hydrogens is 256 g/mol. The van der Waals surface area contributed by atoms with Gasteiger partial charge < -0.3 is 26.9 Å². The molecule has 1 heterocycles. The van der Waals surface area contributed by atoms with Crippen molar-refractivity contribution in [1.82, 2.24) is 4.98 Å². The number of nitrogens with two attached hydrogens (primary N) is 3. The van der Waals surface area contributed by atoms with Crippen LogP contribution in [0.4, 0.5) is 0 Å². The molecule has 7 N–H and O–H groups in total. The van der Waals surface area contributed by atoms with E-state index in [1.54, 1.807) is 7.11 Å². The standard InChI is InChI=1S/C13H18N6O/c1-20-9-2-3-11-10(6-9)8(7-18-11)4-5-17-13(16)19-12(14)15/h2-3,6-7,18H,4-5H2,1H3,(H6,14,15,16,17,19). The normalized spacial score (nSPS) is 11.6. The van der Waals surface area contributed by atoms with Crippen molar-refractivity contribution in [3.8, 4) is 5.75 Å². The SMILES string of the molecule is COc1ccc2[nH]cc(CCN=C(N)N=C(N)N)c2c1. The van der Waals surface area contributed by atoms with Crippen molar-refractivity contribution >= 4 is 22.8 Å². The summed E-state index contributed by atoms with van der Waals surface area (Å²) in [5, 5.41) is 1.11. The van der Waals surface area contributed by atoms with E-state index in [1.165, 1.54) is 0 Å². The first-order chi connectivity index (χ1) is 9.60. The Hall–Kier alpha value is -2.70. The van der Waals surface area contributed by atoms with Crippen LogP contribution < -0.4 is 21.9 Å². The molecule has 106 valence electrons. The zero-order chi connectivity index (χ0) is 14.5. The highest BCUT2D eigenvalue weighted by molar-refractivity contribution is 5.92. The van der Waals surface area contributed by atoms with E-state index >= 15 is 0 Å². The van der Waals surface area contributed by atoms with Gasteiger partial charge in [-0.3, -0.25) is 4.99 Å². The van der Waals surface area contributed by atoms with Crippen molar-refractivity contribution in [2.75, 3.05) is 13.7 Å². The summed E-state index contributed by atoms with van der Waals surface area (Å²) in [5.74, 6) is 0.812. The number of hydrogen-bond donors (Lipinski definition) is 4. The van der Waals surface area contributed by atoms with Crippen molar-refractivity contribution in [1.29, 1.82) is 0 Å². The predicted octanol–water partition coefficient (Wildman–Crippen LogP) is 0.307. The summed E-state index contributed by atoms with van der Waals surface area (Å²) in [6, 6.07) is 5.89. The zero-order valence-corrected chi connectivity index (χ0v) is 11.3. The molecule has 7 nitrogen and oxygen atoms in total. The first-order valence-corrected chi connectivity index (χ1v) is 6.13. The van der Waals surface area contributed by atoms with Gasteiger partial charge in [-0.15, -0.1) is 0 Å². The van der Waals surface area contributed by atoms with Gasteiger partial charge >= 0.3 is 0 Å². The molecule has 0 atom stereocenters. The van der Waals surface area contributed by atoms with E-state index in [2.05, 4.69) is 15.0 Å². The van der Waals surface area contributed by atoms with Gasteiger partial charge in [-0.2, -0.15) is 4.99 Å². The third-order valence-corrected chi connectivity index (χ3v) is 2.87. The van der Waals surface area contributed by atoms with Crippen molar-refractivity contribution in [2.24, 2.45) is 27.2 Å². The lowest BCUT2D eigenvalue weighted by Crippen LogP contribution is -2.26. The number of aromatic nitrogens is 1. The first-order valence-electron chi connectivity index (χ1n) is 6.13. The molecule has 0 aliphatic heterocycles. The van der Waals surface area contributed by atoms with Crippen LogP contribution >= 0.6 is 0 Å². The van der Waals surface area contributed by atoms with Gasteiger partial charge in [0.05, 0.1) is 7.11 Å². The third kappa shape index (κ3) is 3.19. The Labute approximate surface area is 116 Å². The number of H-pyrrole nitrogens is 1. The van der Waals surface area contributed by atoms with Crippen LogP contribution in [0.5, 0.6) is 5.75 Å². The number of benzene rings is 1. The summed E-state index contributed by atoms with van der Waals surface area (Å²) in [7, 11) is 1.65. The van der Waals surface area contributed by atoms with E-state index in [0.29, 0.717) is 6.54 Å². The topological polar surface area (TPSA) is 128 Å². The molecule has 0 unspecified atom stereocenters. The number of hydrogen-bond acceptors (Lipinski definition) is 2. The molecule has 0 bridgehead atoms. The van der Waals surface area contributed by atoms with E-state index in [9.17, 15) is 0 Å². The highest BCUT2D eigenvalue weighted by Crippen LogP contribution is 2.23. The minimum absolute atomic E-state index is 0.0856. The second kappa shape index (κ2) is 5.96.